The number of benzene rings is 2. The van der Waals surface area contributed by atoms with Gasteiger partial charge in [-0.2, -0.15) is 11.7 Å². The maximum Gasteiger partial charge on any atom is 0.200 e. The molecule has 17 heavy (non-hydrogen) atoms. The Balaban J connectivity index is 2.52. The molecule has 0 aliphatic rings. The number of hydrogen-bond acceptors (Lipinski definition) is 4. The minimum Gasteiger partial charge on any atom is -0.399 e. The first-order chi connectivity index (χ1) is 8.01. The zero-order valence-corrected chi connectivity index (χ0v) is 9.38. The molecule has 0 bridgehead atoms. The zero-order chi connectivity index (χ0) is 12.5. The third kappa shape index (κ3) is 2.07. The van der Waals surface area contributed by atoms with E-state index >= 15 is 0 Å². The van der Waals surface area contributed by atoms with Crippen molar-refractivity contribution >= 4 is 22.7 Å². The first kappa shape index (κ1) is 11.4. The van der Waals surface area contributed by atoms with E-state index in [1.54, 1.807) is 18.2 Å². The topological polar surface area (TPSA) is 104 Å². The number of para-hydroxylation sites is 1. The van der Waals surface area contributed by atoms with Gasteiger partial charge < -0.3 is 11.5 Å². The number of nitrogen functional groups attached to an aromatic ring is 2. The predicted molar refractivity (Wildman–Crippen MR) is 71.5 cm³/mol. The SMILES string of the molecule is Nc1ccc([N+](N)(N)c2ccccc2)c(N)c1. The molecule has 0 saturated carbocycles. The first-order valence-electron chi connectivity index (χ1n) is 5.19. The lowest BCUT2D eigenvalue weighted by Crippen LogP contribution is -2.57. The number of nitrogens with zero attached hydrogens (tertiary/aromatic N) is 1. The normalized spacial score (nSPS) is 11.4. The van der Waals surface area contributed by atoms with Gasteiger partial charge in [-0.25, -0.2) is 0 Å². The van der Waals surface area contributed by atoms with Crippen molar-refractivity contribution in [1.29, 1.82) is 0 Å². The third-order valence-electron chi connectivity index (χ3n) is 2.63. The van der Waals surface area contributed by atoms with Gasteiger partial charge in [0.1, 0.15) is 0 Å². The summed E-state index contributed by atoms with van der Waals surface area (Å²) in [7, 11) is 0. The number of rotatable bonds is 2. The van der Waals surface area contributed by atoms with Crippen LogP contribution in [0.2, 0.25) is 0 Å². The lowest BCUT2D eigenvalue weighted by Gasteiger charge is -2.26. The van der Waals surface area contributed by atoms with Crippen molar-refractivity contribution in [3.05, 3.63) is 48.5 Å². The standard InChI is InChI=1S/C12H16N5/c13-9-6-7-12(11(14)8-9)17(15,16)10-4-2-1-3-5-10/h1-8H,13-16H2/q+1. The molecule has 0 atom stereocenters. The minimum absolute atomic E-state index is 0.396. The molecule has 2 aromatic rings. The largest absolute Gasteiger partial charge is 0.399 e. The molecule has 5 nitrogen and oxygen atoms in total. The quantitative estimate of drug-likeness (QED) is 0.269. The molecule has 88 valence electrons. The maximum atomic E-state index is 6.10. The van der Waals surface area contributed by atoms with E-state index < -0.39 is 4.70 Å². The molecule has 0 radical (unpaired) electrons. The molecular weight excluding hydrogens is 214 g/mol. The average Bonchev–Trinajstić information content (AvgIpc) is 2.29. The van der Waals surface area contributed by atoms with Crippen LogP contribution in [-0.2, 0) is 0 Å². The van der Waals surface area contributed by atoms with Crippen LogP contribution in [0.15, 0.2) is 48.5 Å². The van der Waals surface area contributed by atoms with E-state index in [0.717, 1.165) is 5.69 Å². The summed E-state index contributed by atoms with van der Waals surface area (Å²) in [5, 5.41) is 0. The smallest absolute Gasteiger partial charge is 0.200 e. The second kappa shape index (κ2) is 4.06. The summed E-state index contributed by atoms with van der Waals surface area (Å²) in [5.41, 5.74) is 13.9. The molecule has 0 heterocycles. The molecule has 0 fully saturated rings. The van der Waals surface area contributed by atoms with E-state index in [-0.39, 0.29) is 0 Å². The van der Waals surface area contributed by atoms with E-state index in [0.29, 0.717) is 17.1 Å². The van der Waals surface area contributed by atoms with Crippen LogP contribution < -0.4 is 27.9 Å². The van der Waals surface area contributed by atoms with E-state index in [1.807, 2.05) is 30.3 Å². The van der Waals surface area contributed by atoms with Crippen LogP contribution in [0.3, 0.4) is 0 Å². The van der Waals surface area contributed by atoms with Crippen LogP contribution in [0.4, 0.5) is 22.7 Å². The fourth-order valence-corrected chi connectivity index (χ4v) is 1.72. The highest BCUT2D eigenvalue weighted by atomic mass is 15.8. The Morgan fingerprint density at radius 3 is 2.06 bits per heavy atom. The van der Waals surface area contributed by atoms with Crippen molar-refractivity contribution in [3.63, 3.8) is 0 Å². The Morgan fingerprint density at radius 1 is 0.824 bits per heavy atom. The summed E-state index contributed by atoms with van der Waals surface area (Å²) >= 11 is 0. The molecule has 0 spiro atoms. The number of quaternary nitrogens is 1. The zero-order valence-electron chi connectivity index (χ0n) is 9.38. The van der Waals surface area contributed by atoms with Gasteiger partial charge in [0.15, 0.2) is 11.4 Å². The van der Waals surface area contributed by atoms with E-state index in [1.165, 1.54) is 0 Å². The van der Waals surface area contributed by atoms with Gasteiger partial charge in [-0.15, -0.1) is 4.70 Å². The van der Waals surface area contributed by atoms with Crippen LogP contribution in [0.25, 0.3) is 0 Å². The van der Waals surface area contributed by atoms with Gasteiger partial charge in [0.25, 0.3) is 0 Å². The van der Waals surface area contributed by atoms with Gasteiger partial charge in [-0.3, -0.25) is 0 Å². The van der Waals surface area contributed by atoms with E-state index in [2.05, 4.69) is 0 Å². The average molecular weight is 230 g/mol. The molecule has 2 rings (SSSR count). The molecule has 0 aliphatic heterocycles. The lowest BCUT2D eigenvalue weighted by atomic mass is 10.2. The van der Waals surface area contributed by atoms with Crippen molar-refractivity contribution in [2.24, 2.45) is 11.7 Å². The molecule has 0 unspecified atom stereocenters. The Morgan fingerprint density at radius 2 is 1.47 bits per heavy atom. The van der Waals surface area contributed by atoms with Crippen LogP contribution in [0, 0.1) is 0 Å². The molecule has 0 aliphatic carbocycles. The molecule has 0 amide bonds. The Kier molecular flexibility index (Phi) is 2.72. The third-order valence-corrected chi connectivity index (χ3v) is 2.63. The van der Waals surface area contributed by atoms with Crippen molar-refractivity contribution in [1.82, 2.24) is 4.70 Å². The Labute approximate surface area is 99.8 Å². The first-order valence-corrected chi connectivity index (χ1v) is 5.19. The molecule has 0 aromatic heterocycles. The van der Waals surface area contributed by atoms with E-state index in [9.17, 15) is 0 Å². The van der Waals surface area contributed by atoms with Crippen molar-refractivity contribution in [2.45, 2.75) is 0 Å². The highest BCUT2D eigenvalue weighted by molar-refractivity contribution is 5.73. The monoisotopic (exact) mass is 230 g/mol. The minimum atomic E-state index is -0.396. The molecule has 8 N–H and O–H groups in total. The number of anilines is 2. The van der Waals surface area contributed by atoms with Gasteiger partial charge in [0.05, 0.1) is 5.69 Å². The molecule has 2 aromatic carbocycles. The predicted octanol–water partition coefficient (Wildman–Crippen LogP) is 1.24. The van der Waals surface area contributed by atoms with Gasteiger partial charge in [0, 0.05) is 23.9 Å². The van der Waals surface area contributed by atoms with Gasteiger partial charge in [0.2, 0.25) is 0 Å². The number of nitrogens with two attached hydrogens (primary N) is 4. The van der Waals surface area contributed by atoms with Crippen LogP contribution in [0.1, 0.15) is 0 Å². The van der Waals surface area contributed by atoms with Crippen molar-refractivity contribution in [3.8, 4) is 0 Å². The maximum absolute atomic E-state index is 6.10. The summed E-state index contributed by atoms with van der Waals surface area (Å²) < 4.78 is -0.396. The second-order valence-electron chi connectivity index (χ2n) is 3.93. The summed E-state index contributed by atoms with van der Waals surface area (Å²) in [6.07, 6.45) is 0. The summed E-state index contributed by atoms with van der Waals surface area (Å²) in [6.45, 7) is 0. The fourth-order valence-electron chi connectivity index (χ4n) is 1.72. The van der Waals surface area contributed by atoms with Crippen molar-refractivity contribution in [2.75, 3.05) is 11.5 Å². The van der Waals surface area contributed by atoms with E-state index in [4.69, 9.17) is 23.2 Å². The molecule has 5 heteroatoms. The van der Waals surface area contributed by atoms with Crippen LogP contribution >= 0.6 is 0 Å². The highest BCUT2D eigenvalue weighted by Gasteiger charge is 2.27. The van der Waals surface area contributed by atoms with Crippen LogP contribution in [-0.4, -0.2) is 0 Å². The van der Waals surface area contributed by atoms with Gasteiger partial charge >= 0.3 is 0 Å². The number of hydrogen-bond donors (Lipinski definition) is 4. The fraction of sp³-hybridized carbons (Fsp3) is 0. The lowest BCUT2D eigenvalue weighted by molar-refractivity contribution is 0.418. The second-order valence-corrected chi connectivity index (χ2v) is 3.93. The van der Waals surface area contributed by atoms with Gasteiger partial charge in [-0.1, -0.05) is 18.2 Å². The van der Waals surface area contributed by atoms with Gasteiger partial charge in [-0.05, 0) is 12.1 Å². The summed E-state index contributed by atoms with van der Waals surface area (Å²) in [5.74, 6) is 12.2. The van der Waals surface area contributed by atoms with Crippen LogP contribution in [0.5, 0.6) is 0 Å². The molecule has 0 saturated heterocycles. The summed E-state index contributed by atoms with van der Waals surface area (Å²) in [6, 6.07) is 14.4. The molecular formula is C12H16N5+. The highest BCUT2D eigenvalue weighted by Crippen LogP contribution is 2.32. The Bertz CT molecular complexity index is 522. The Hall–Kier alpha value is -2.08. The van der Waals surface area contributed by atoms with Crippen molar-refractivity contribution < 1.29 is 0 Å². The summed E-state index contributed by atoms with van der Waals surface area (Å²) in [4.78, 5) is 0.